The number of benzene rings is 2. The van der Waals surface area contributed by atoms with Gasteiger partial charge in [-0.15, -0.1) is 4.85 Å². The molecule has 0 unspecified atom stereocenters. The van der Waals surface area contributed by atoms with Crippen LogP contribution in [-0.4, -0.2) is 15.0 Å². The molecule has 1 N–H and O–H groups in total. The standard InChI is InChI=1S/C22H29N3O2/c1-21(2,3)13-15-11-16(14-22(4,5)6)20(26)19(12-15)24-23-17-9-7-8-10-18(17)25(24)27/h7-12,26H,13-14H2,1-6H3. The van der Waals surface area contributed by atoms with Gasteiger partial charge in [0.15, 0.2) is 5.69 Å². The van der Waals surface area contributed by atoms with Gasteiger partial charge in [-0.2, -0.15) is 0 Å². The van der Waals surface area contributed by atoms with Gasteiger partial charge in [-0.25, -0.2) is 0 Å². The molecule has 0 radical (unpaired) electrons. The van der Waals surface area contributed by atoms with Crippen molar-refractivity contribution >= 4 is 11.0 Å². The summed E-state index contributed by atoms with van der Waals surface area (Å²) in [5, 5.41) is 28.2. The molecule has 0 saturated heterocycles. The molecule has 0 spiro atoms. The van der Waals surface area contributed by atoms with Crippen LogP contribution in [0, 0.1) is 16.0 Å². The van der Waals surface area contributed by atoms with Gasteiger partial charge in [0.05, 0.1) is 5.10 Å². The number of para-hydroxylation sites is 1. The zero-order valence-electron chi connectivity index (χ0n) is 17.1. The van der Waals surface area contributed by atoms with Gasteiger partial charge in [-0.05, 0) is 57.8 Å². The van der Waals surface area contributed by atoms with Crippen LogP contribution in [0.1, 0.15) is 52.7 Å². The van der Waals surface area contributed by atoms with Crippen molar-refractivity contribution in [2.45, 2.75) is 54.4 Å². The van der Waals surface area contributed by atoms with E-state index < -0.39 is 0 Å². The van der Waals surface area contributed by atoms with Crippen LogP contribution in [0.15, 0.2) is 36.4 Å². The highest BCUT2D eigenvalue weighted by Gasteiger charge is 2.24. The highest BCUT2D eigenvalue weighted by molar-refractivity contribution is 5.70. The summed E-state index contributed by atoms with van der Waals surface area (Å²) in [6.07, 6.45) is 1.56. The fourth-order valence-electron chi connectivity index (χ4n) is 3.42. The monoisotopic (exact) mass is 367 g/mol. The third kappa shape index (κ3) is 4.24. The van der Waals surface area contributed by atoms with Crippen molar-refractivity contribution in [1.82, 2.24) is 9.90 Å². The fraction of sp³-hybridized carbons (Fsp3) is 0.455. The summed E-state index contributed by atoms with van der Waals surface area (Å²) in [5.74, 6) is 0.125. The van der Waals surface area contributed by atoms with E-state index in [0.717, 1.165) is 22.4 Å². The van der Waals surface area contributed by atoms with Crippen molar-refractivity contribution in [2.24, 2.45) is 10.8 Å². The van der Waals surface area contributed by atoms with Crippen LogP contribution < -0.4 is 4.85 Å². The number of phenolic OH excluding ortho intramolecular Hbond substituents is 1. The first-order chi connectivity index (χ1) is 12.4. The number of fused-ring (bicyclic) bond motifs is 1. The normalized spacial score (nSPS) is 12.7. The van der Waals surface area contributed by atoms with E-state index in [0.29, 0.717) is 23.1 Å². The molecular formula is C22H29N3O2. The summed E-state index contributed by atoms with van der Waals surface area (Å²) in [6, 6.07) is 11.1. The number of hydrogen-bond acceptors (Lipinski definition) is 3. The topological polar surface area (TPSA) is 65.0 Å². The van der Waals surface area contributed by atoms with E-state index in [1.54, 1.807) is 12.1 Å². The van der Waals surface area contributed by atoms with Crippen molar-refractivity contribution in [1.29, 1.82) is 0 Å². The van der Waals surface area contributed by atoms with Crippen molar-refractivity contribution < 1.29 is 9.95 Å². The maximum absolute atomic E-state index is 12.8. The summed E-state index contributed by atoms with van der Waals surface area (Å²) in [5.41, 5.74) is 3.56. The van der Waals surface area contributed by atoms with E-state index in [2.05, 4.69) is 52.7 Å². The molecular weight excluding hydrogens is 338 g/mol. The van der Waals surface area contributed by atoms with Gasteiger partial charge in [0.1, 0.15) is 5.75 Å². The molecule has 1 heterocycles. The molecule has 5 heteroatoms. The maximum Gasteiger partial charge on any atom is 0.250 e. The molecule has 3 rings (SSSR count). The zero-order chi connectivity index (χ0) is 20.0. The SMILES string of the molecule is CC(C)(C)Cc1cc(CC(C)(C)C)c(O)c(-n2nc3ccccc3[n+]2[O-])c1. The van der Waals surface area contributed by atoms with Gasteiger partial charge in [-0.3, -0.25) is 0 Å². The minimum atomic E-state index is 0.0113. The molecule has 0 atom stereocenters. The number of aromatic hydroxyl groups is 1. The lowest BCUT2D eigenvalue weighted by Gasteiger charge is -2.23. The van der Waals surface area contributed by atoms with E-state index in [1.165, 1.54) is 4.80 Å². The minimum Gasteiger partial charge on any atom is -0.692 e. The summed E-state index contributed by atoms with van der Waals surface area (Å²) in [6.45, 7) is 13.0. The van der Waals surface area contributed by atoms with E-state index in [9.17, 15) is 10.3 Å². The largest absolute Gasteiger partial charge is 0.692 e. The van der Waals surface area contributed by atoms with Gasteiger partial charge < -0.3 is 10.3 Å². The van der Waals surface area contributed by atoms with Crippen LogP contribution in [0.3, 0.4) is 0 Å². The average molecular weight is 367 g/mol. The van der Waals surface area contributed by atoms with Crippen LogP contribution in [0.25, 0.3) is 16.7 Å². The number of phenols is 1. The Bertz CT molecular complexity index is 976. The molecule has 0 bridgehead atoms. The van der Waals surface area contributed by atoms with Gasteiger partial charge in [0.25, 0.3) is 0 Å². The van der Waals surface area contributed by atoms with E-state index in [1.807, 2.05) is 18.2 Å². The molecule has 3 aromatic rings. The van der Waals surface area contributed by atoms with Crippen LogP contribution in [0.2, 0.25) is 0 Å². The van der Waals surface area contributed by atoms with E-state index in [-0.39, 0.29) is 16.6 Å². The summed E-state index contributed by atoms with van der Waals surface area (Å²) in [4.78, 5) is 2.00. The number of hydrogen-bond donors (Lipinski definition) is 1. The molecule has 27 heavy (non-hydrogen) atoms. The molecule has 0 aliphatic rings. The second-order valence-corrected chi connectivity index (χ2v) is 9.75. The van der Waals surface area contributed by atoms with Crippen LogP contribution in [-0.2, 0) is 12.8 Å². The third-order valence-electron chi connectivity index (χ3n) is 4.36. The Morgan fingerprint density at radius 2 is 1.63 bits per heavy atom. The zero-order valence-corrected chi connectivity index (χ0v) is 17.1. The number of rotatable bonds is 3. The second kappa shape index (κ2) is 6.55. The number of nitrogens with zero attached hydrogens (tertiary/aromatic N) is 3. The highest BCUT2D eigenvalue weighted by Crippen LogP contribution is 2.34. The predicted molar refractivity (Wildman–Crippen MR) is 108 cm³/mol. The molecule has 1 aromatic heterocycles. The Morgan fingerprint density at radius 3 is 2.22 bits per heavy atom. The Balaban J connectivity index is 2.21. The van der Waals surface area contributed by atoms with E-state index >= 15 is 0 Å². The minimum absolute atomic E-state index is 0.0113. The lowest BCUT2D eigenvalue weighted by atomic mass is 9.84. The van der Waals surface area contributed by atoms with Gasteiger partial charge in [0, 0.05) is 0 Å². The quantitative estimate of drug-likeness (QED) is 0.546. The lowest BCUT2D eigenvalue weighted by molar-refractivity contribution is -0.664. The molecule has 5 nitrogen and oxygen atoms in total. The Labute approximate surface area is 160 Å². The van der Waals surface area contributed by atoms with Crippen LogP contribution in [0.5, 0.6) is 5.75 Å². The van der Waals surface area contributed by atoms with Gasteiger partial charge in [0.2, 0.25) is 11.0 Å². The highest BCUT2D eigenvalue weighted by atomic mass is 16.5. The van der Waals surface area contributed by atoms with Crippen molar-refractivity contribution in [3.05, 3.63) is 52.7 Å². The first-order valence-corrected chi connectivity index (χ1v) is 9.37. The first-order valence-electron chi connectivity index (χ1n) is 9.37. The molecule has 0 amide bonds. The average Bonchev–Trinajstić information content (AvgIpc) is 2.85. The molecule has 2 aromatic carbocycles. The fourth-order valence-corrected chi connectivity index (χ4v) is 3.42. The van der Waals surface area contributed by atoms with Crippen molar-refractivity contribution in [3.63, 3.8) is 0 Å². The predicted octanol–water partition coefficient (Wildman–Crippen LogP) is 4.54. The molecule has 0 fully saturated rings. The van der Waals surface area contributed by atoms with Gasteiger partial charge in [-0.1, -0.05) is 59.7 Å². The molecule has 0 aliphatic carbocycles. The third-order valence-corrected chi connectivity index (χ3v) is 4.36. The maximum atomic E-state index is 12.8. The van der Waals surface area contributed by atoms with Crippen molar-refractivity contribution in [2.75, 3.05) is 0 Å². The molecule has 0 aliphatic heterocycles. The van der Waals surface area contributed by atoms with Crippen LogP contribution in [0.4, 0.5) is 0 Å². The smallest absolute Gasteiger partial charge is 0.250 e. The molecule has 144 valence electrons. The second-order valence-electron chi connectivity index (χ2n) is 9.75. The Hall–Kier alpha value is -2.56. The van der Waals surface area contributed by atoms with Gasteiger partial charge >= 0.3 is 0 Å². The van der Waals surface area contributed by atoms with Crippen LogP contribution >= 0.6 is 0 Å². The summed E-state index contributed by atoms with van der Waals surface area (Å²) >= 11 is 0. The summed E-state index contributed by atoms with van der Waals surface area (Å²) < 4.78 is 0. The van der Waals surface area contributed by atoms with E-state index in [4.69, 9.17) is 0 Å². The lowest BCUT2D eigenvalue weighted by Crippen LogP contribution is -2.37. The Kier molecular flexibility index (Phi) is 4.66. The first kappa shape index (κ1) is 19.2. The van der Waals surface area contributed by atoms with Crippen molar-refractivity contribution in [3.8, 4) is 11.4 Å². The molecule has 0 saturated carbocycles. The Morgan fingerprint density at radius 1 is 1.00 bits per heavy atom. The summed E-state index contributed by atoms with van der Waals surface area (Å²) in [7, 11) is 0. The number of aromatic nitrogens is 3.